The van der Waals surface area contributed by atoms with E-state index in [4.69, 9.17) is 0 Å². The predicted octanol–water partition coefficient (Wildman–Crippen LogP) is 8.76. The molecule has 184 valence electrons. The van der Waals surface area contributed by atoms with Gasteiger partial charge in [0.15, 0.2) is 0 Å². The van der Waals surface area contributed by atoms with Crippen LogP contribution >= 0.6 is 0 Å². The summed E-state index contributed by atoms with van der Waals surface area (Å²) >= 11 is 0. The summed E-state index contributed by atoms with van der Waals surface area (Å²) in [5, 5.41) is 5.33. The first-order chi connectivity index (χ1) is 16.3. The van der Waals surface area contributed by atoms with Crippen LogP contribution in [0.15, 0.2) is 59.7 Å². The molecule has 0 spiro atoms. The van der Waals surface area contributed by atoms with E-state index in [9.17, 15) is 0 Å². The van der Waals surface area contributed by atoms with Crippen molar-refractivity contribution in [1.82, 2.24) is 9.88 Å². The zero-order chi connectivity index (χ0) is 24.8. The third kappa shape index (κ3) is 6.14. The van der Waals surface area contributed by atoms with Crippen molar-refractivity contribution in [3.63, 3.8) is 0 Å². The van der Waals surface area contributed by atoms with E-state index in [1.54, 1.807) is 5.57 Å². The van der Waals surface area contributed by atoms with Crippen molar-refractivity contribution in [1.29, 1.82) is 0 Å². The van der Waals surface area contributed by atoms with Crippen molar-refractivity contribution in [2.75, 3.05) is 6.54 Å². The molecule has 2 aromatic rings. The zero-order valence-corrected chi connectivity index (χ0v) is 22.7. The summed E-state index contributed by atoms with van der Waals surface area (Å²) in [6, 6.07) is 6.97. The van der Waals surface area contributed by atoms with Crippen LogP contribution in [-0.4, -0.2) is 11.1 Å². The summed E-state index contributed by atoms with van der Waals surface area (Å²) < 4.78 is 2.57. The van der Waals surface area contributed by atoms with E-state index in [-0.39, 0.29) is 0 Å². The van der Waals surface area contributed by atoms with Crippen LogP contribution < -0.4 is 5.32 Å². The normalized spacial score (nSPS) is 14.9. The molecule has 1 unspecified atom stereocenters. The monoisotopic (exact) mass is 458 g/mol. The first kappa shape index (κ1) is 26.1. The van der Waals surface area contributed by atoms with Crippen molar-refractivity contribution >= 4 is 16.7 Å². The minimum atomic E-state index is 0.452. The number of nitrogens with zero attached hydrogens (tertiary/aromatic N) is 1. The van der Waals surface area contributed by atoms with Crippen LogP contribution in [-0.2, 0) is 12.8 Å². The molecule has 0 amide bonds. The molecule has 1 heterocycles. The molecular weight excluding hydrogens is 412 g/mol. The van der Waals surface area contributed by atoms with Gasteiger partial charge in [-0.2, -0.15) is 0 Å². The van der Waals surface area contributed by atoms with Gasteiger partial charge in [0.2, 0.25) is 0 Å². The standard InChI is InChI=1S/C32H46N2/c1-9-12-30-28(11-3)29-18-14-24(7)19-31(29)34(30)32(27-16-17-27)33-21-26(15-13-23(6)10-2)20-25(8)22(4)5/h13-15,18-20,22-23,33H,8-12,16-17,21H2,1-7H3/b15-13-,26-20+. The van der Waals surface area contributed by atoms with E-state index in [0.717, 1.165) is 32.2 Å². The third-order valence-electron chi connectivity index (χ3n) is 7.09. The Morgan fingerprint density at radius 1 is 1.15 bits per heavy atom. The second kappa shape index (κ2) is 11.8. The largest absolute Gasteiger partial charge is 0.367 e. The van der Waals surface area contributed by atoms with Gasteiger partial charge in [-0.05, 0) is 72.8 Å². The lowest BCUT2D eigenvalue weighted by molar-refractivity contribution is 0.697. The minimum absolute atomic E-state index is 0.452. The third-order valence-corrected chi connectivity index (χ3v) is 7.09. The fourth-order valence-electron chi connectivity index (χ4n) is 4.50. The summed E-state index contributed by atoms with van der Waals surface area (Å²) in [6.07, 6.45) is 13.8. The van der Waals surface area contributed by atoms with Crippen LogP contribution in [0.2, 0.25) is 0 Å². The lowest BCUT2D eigenvalue weighted by atomic mass is 10.0. The number of aryl methyl sites for hydroxylation is 2. The molecule has 3 rings (SSSR count). The van der Waals surface area contributed by atoms with E-state index in [2.05, 4.69) is 101 Å². The Morgan fingerprint density at radius 3 is 2.47 bits per heavy atom. The molecule has 1 N–H and O–H groups in total. The number of hydrogen-bond acceptors (Lipinski definition) is 1. The van der Waals surface area contributed by atoms with E-state index >= 15 is 0 Å². The number of rotatable bonds is 12. The number of benzene rings is 1. The van der Waals surface area contributed by atoms with Gasteiger partial charge in [0, 0.05) is 17.6 Å². The highest BCUT2D eigenvalue weighted by Gasteiger charge is 2.24. The minimum Gasteiger partial charge on any atom is -0.367 e. The maximum absolute atomic E-state index is 4.32. The Labute approximate surface area is 208 Å². The molecule has 0 aliphatic heterocycles. The summed E-state index contributed by atoms with van der Waals surface area (Å²) in [4.78, 5) is 0. The molecule has 1 aromatic carbocycles. The van der Waals surface area contributed by atoms with Gasteiger partial charge in [-0.1, -0.05) is 96.9 Å². The smallest absolute Gasteiger partial charge is 0.110 e. The van der Waals surface area contributed by atoms with Crippen molar-refractivity contribution in [3.8, 4) is 0 Å². The van der Waals surface area contributed by atoms with E-state index in [1.807, 2.05) is 0 Å². The molecule has 0 radical (unpaired) electrons. The number of nitrogens with one attached hydrogen (secondary N) is 1. The van der Waals surface area contributed by atoms with Crippen LogP contribution in [0, 0.1) is 18.8 Å². The van der Waals surface area contributed by atoms with Crippen molar-refractivity contribution < 1.29 is 0 Å². The van der Waals surface area contributed by atoms with Gasteiger partial charge < -0.3 is 5.32 Å². The molecule has 0 saturated heterocycles. The molecule has 1 atom stereocenters. The average molecular weight is 459 g/mol. The lowest BCUT2D eigenvalue weighted by Gasteiger charge is -2.19. The Morgan fingerprint density at radius 2 is 1.88 bits per heavy atom. The highest BCUT2D eigenvalue weighted by molar-refractivity contribution is 5.89. The predicted molar refractivity (Wildman–Crippen MR) is 151 cm³/mol. The van der Waals surface area contributed by atoms with Gasteiger partial charge in [0.25, 0.3) is 0 Å². The molecule has 1 saturated carbocycles. The summed E-state index contributed by atoms with van der Waals surface area (Å²) in [7, 11) is 0. The van der Waals surface area contributed by atoms with Crippen molar-refractivity contribution in [3.05, 3.63) is 76.5 Å². The molecule has 1 fully saturated rings. The van der Waals surface area contributed by atoms with E-state index in [1.165, 1.54) is 57.5 Å². The molecule has 1 aromatic heterocycles. The fourth-order valence-corrected chi connectivity index (χ4v) is 4.50. The van der Waals surface area contributed by atoms with Gasteiger partial charge in [-0.25, -0.2) is 0 Å². The van der Waals surface area contributed by atoms with Crippen LogP contribution in [0.5, 0.6) is 0 Å². The highest BCUT2D eigenvalue weighted by atomic mass is 15.2. The number of allylic oxidation sites excluding steroid dienone is 4. The molecule has 2 nitrogen and oxygen atoms in total. The van der Waals surface area contributed by atoms with Gasteiger partial charge in [-0.3, -0.25) is 4.57 Å². The second-order valence-corrected chi connectivity index (χ2v) is 10.4. The fraction of sp³-hybridized carbons (Fsp3) is 0.500. The number of hydrogen-bond donors (Lipinski definition) is 1. The van der Waals surface area contributed by atoms with Crippen molar-refractivity contribution in [2.45, 2.75) is 87.0 Å². The SMILES string of the molecule is C=C(/C=C(\C=C/C(C)CC)CNC(=C1CC1)n1c(CCC)c(CC)c2ccc(C)cc21)C(C)C. The molecular formula is C32H46N2. The highest BCUT2D eigenvalue weighted by Crippen LogP contribution is 2.38. The number of fused-ring (bicyclic) bond motifs is 1. The van der Waals surface area contributed by atoms with Gasteiger partial charge in [-0.15, -0.1) is 0 Å². The molecule has 1 aliphatic carbocycles. The number of aromatic nitrogens is 1. The van der Waals surface area contributed by atoms with E-state index in [0.29, 0.717) is 11.8 Å². The van der Waals surface area contributed by atoms with Gasteiger partial charge in [0.1, 0.15) is 5.82 Å². The quantitative estimate of drug-likeness (QED) is 0.315. The molecule has 34 heavy (non-hydrogen) atoms. The summed E-state index contributed by atoms with van der Waals surface area (Å²) in [6.45, 7) is 20.9. The maximum atomic E-state index is 4.32. The van der Waals surface area contributed by atoms with E-state index < -0.39 is 0 Å². The van der Waals surface area contributed by atoms with Crippen LogP contribution in [0.4, 0.5) is 0 Å². The first-order valence-electron chi connectivity index (χ1n) is 13.5. The molecule has 2 heteroatoms. The van der Waals surface area contributed by atoms with Gasteiger partial charge >= 0.3 is 0 Å². The first-order valence-corrected chi connectivity index (χ1v) is 13.5. The Hall–Kier alpha value is -2.48. The van der Waals surface area contributed by atoms with Crippen LogP contribution in [0.25, 0.3) is 16.7 Å². The average Bonchev–Trinajstić information content (AvgIpc) is 3.61. The van der Waals surface area contributed by atoms with Gasteiger partial charge in [0.05, 0.1) is 5.52 Å². The summed E-state index contributed by atoms with van der Waals surface area (Å²) in [5.74, 6) is 2.35. The molecule has 0 bridgehead atoms. The maximum Gasteiger partial charge on any atom is 0.110 e. The second-order valence-electron chi connectivity index (χ2n) is 10.4. The Balaban J connectivity index is 2.04. The van der Waals surface area contributed by atoms with Crippen LogP contribution in [0.3, 0.4) is 0 Å². The summed E-state index contributed by atoms with van der Waals surface area (Å²) in [5.41, 5.74) is 9.72. The van der Waals surface area contributed by atoms with Crippen molar-refractivity contribution in [2.24, 2.45) is 11.8 Å². The van der Waals surface area contributed by atoms with Crippen LogP contribution in [0.1, 0.15) is 84.0 Å². The molecule has 1 aliphatic rings. The zero-order valence-electron chi connectivity index (χ0n) is 22.7. The Kier molecular flexibility index (Phi) is 9.05. The lowest BCUT2D eigenvalue weighted by Crippen LogP contribution is -2.21. The topological polar surface area (TPSA) is 17.0 Å². The Bertz CT molecular complexity index is 1100.